The average molecular weight is 491 g/mol. The molecule has 4 N–H and O–H groups in total. The van der Waals surface area contributed by atoms with Gasteiger partial charge in [-0.2, -0.15) is 5.26 Å². The number of alkyl halides is 1. The summed E-state index contributed by atoms with van der Waals surface area (Å²) in [5.74, 6) is 0. The SMILES string of the molecule is N#Cc1c(Cl)nc2c(ccn2[C@@H]2O[C@H](COCP(=O)(O)O)[C@@H](O)[C@H]2O)c1N1CC[C@@H](F)C1. The Morgan fingerprint density at radius 2 is 2.16 bits per heavy atom. The summed E-state index contributed by atoms with van der Waals surface area (Å²) in [6.45, 7) is 0.148. The fourth-order valence-electron chi connectivity index (χ4n) is 4.06. The van der Waals surface area contributed by atoms with E-state index in [0.29, 0.717) is 24.0 Å². The van der Waals surface area contributed by atoms with Crippen molar-refractivity contribution in [3.05, 3.63) is 23.0 Å². The smallest absolute Gasteiger partial charge is 0.350 e. The Bertz CT molecular complexity index is 1110. The number of pyridine rings is 1. The minimum atomic E-state index is -4.40. The molecule has 2 fully saturated rings. The van der Waals surface area contributed by atoms with Gasteiger partial charge in [0, 0.05) is 24.7 Å². The second-order valence-electron chi connectivity index (χ2n) is 7.74. The van der Waals surface area contributed by atoms with Crippen LogP contribution in [0.1, 0.15) is 18.2 Å². The van der Waals surface area contributed by atoms with Crippen molar-refractivity contribution >= 4 is 35.9 Å². The monoisotopic (exact) mass is 490 g/mol. The number of aliphatic hydroxyl groups excluding tert-OH is 2. The lowest BCUT2D eigenvalue weighted by Crippen LogP contribution is -2.33. The van der Waals surface area contributed by atoms with Crippen LogP contribution in [-0.4, -0.2) is 80.1 Å². The number of nitrogens with zero attached hydrogens (tertiary/aromatic N) is 4. The molecule has 14 heteroatoms. The summed E-state index contributed by atoms with van der Waals surface area (Å²) in [5.41, 5.74) is 0.818. The third kappa shape index (κ3) is 4.35. The van der Waals surface area contributed by atoms with E-state index >= 15 is 0 Å². The predicted molar refractivity (Wildman–Crippen MR) is 110 cm³/mol. The molecule has 0 unspecified atom stereocenters. The van der Waals surface area contributed by atoms with E-state index in [2.05, 4.69) is 4.98 Å². The van der Waals surface area contributed by atoms with Crippen LogP contribution in [0.4, 0.5) is 10.1 Å². The summed E-state index contributed by atoms with van der Waals surface area (Å²) in [5, 5.41) is 30.8. The minimum absolute atomic E-state index is 0.0909. The van der Waals surface area contributed by atoms with Gasteiger partial charge in [0.2, 0.25) is 0 Å². The van der Waals surface area contributed by atoms with Crippen molar-refractivity contribution in [2.24, 2.45) is 0 Å². The van der Waals surface area contributed by atoms with Crippen molar-refractivity contribution in [1.29, 1.82) is 5.26 Å². The van der Waals surface area contributed by atoms with Crippen LogP contribution in [-0.2, 0) is 14.0 Å². The number of fused-ring (bicyclic) bond motifs is 1. The van der Waals surface area contributed by atoms with Crippen LogP contribution in [0.3, 0.4) is 0 Å². The first-order chi connectivity index (χ1) is 15.1. The Morgan fingerprint density at radius 1 is 1.41 bits per heavy atom. The molecule has 0 radical (unpaired) electrons. The van der Waals surface area contributed by atoms with Crippen molar-refractivity contribution in [2.45, 2.75) is 37.1 Å². The molecule has 0 aromatic carbocycles. The lowest BCUT2D eigenvalue weighted by Gasteiger charge is -2.22. The van der Waals surface area contributed by atoms with Crippen molar-refractivity contribution < 1.29 is 38.4 Å². The number of halogens is 2. The molecule has 0 spiro atoms. The van der Waals surface area contributed by atoms with Crippen LogP contribution >= 0.6 is 19.2 Å². The summed E-state index contributed by atoms with van der Waals surface area (Å²) >= 11 is 6.25. The topological polar surface area (TPSA) is 161 Å². The molecule has 11 nitrogen and oxygen atoms in total. The van der Waals surface area contributed by atoms with Gasteiger partial charge in [-0.15, -0.1) is 0 Å². The first kappa shape index (κ1) is 23.4. The summed E-state index contributed by atoms with van der Waals surface area (Å²) < 4.78 is 36.8. The number of rotatable bonds is 6. The number of nitriles is 1. The van der Waals surface area contributed by atoms with Crippen LogP contribution in [0.5, 0.6) is 0 Å². The van der Waals surface area contributed by atoms with Gasteiger partial charge in [-0.3, -0.25) is 4.57 Å². The summed E-state index contributed by atoms with van der Waals surface area (Å²) in [6, 6.07) is 3.66. The van der Waals surface area contributed by atoms with Crippen molar-refractivity contribution in [1.82, 2.24) is 9.55 Å². The maximum Gasteiger partial charge on any atom is 0.350 e. The van der Waals surface area contributed by atoms with Crippen molar-refractivity contribution in [3.63, 3.8) is 0 Å². The number of hydrogen-bond acceptors (Lipinski definition) is 8. The molecule has 0 saturated carbocycles. The van der Waals surface area contributed by atoms with Gasteiger partial charge in [0.15, 0.2) is 11.4 Å². The average Bonchev–Trinajstić information content (AvgIpc) is 3.40. The number of anilines is 1. The minimum Gasteiger partial charge on any atom is -0.387 e. The van der Waals surface area contributed by atoms with Crippen LogP contribution in [0, 0.1) is 11.3 Å². The highest BCUT2D eigenvalue weighted by Gasteiger charge is 2.44. The zero-order valence-corrected chi connectivity index (χ0v) is 18.2. The molecule has 5 atom stereocenters. The van der Waals surface area contributed by atoms with Gasteiger partial charge < -0.3 is 38.9 Å². The molecule has 2 aromatic heterocycles. The highest BCUT2D eigenvalue weighted by atomic mass is 35.5. The second-order valence-corrected chi connectivity index (χ2v) is 9.69. The molecular weight excluding hydrogens is 470 g/mol. The van der Waals surface area contributed by atoms with Gasteiger partial charge in [0.1, 0.15) is 48.1 Å². The molecule has 0 amide bonds. The molecule has 2 aromatic rings. The van der Waals surface area contributed by atoms with E-state index < -0.39 is 44.7 Å². The highest BCUT2D eigenvalue weighted by Crippen LogP contribution is 2.40. The Balaban J connectivity index is 1.66. The lowest BCUT2D eigenvalue weighted by molar-refractivity contribution is -0.0610. The molecule has 4 rings (SSSR count). The van der Waals surface area contributed by atoms with E-state index in [9.17, 15) is 24.4 Å². The molecule has 0 aliphatic carbocycles. The highest BCUT2D eigenvalue weighted by molar-refractivity contribution is 7.51. The number of aromatic nitrogens is 2. The van der Waals surface area contributed by atoms with E-state index in [1.807, 2.05) is 6.07 Å². The fraction of sp³-hybridized carbons (Fsp3) is 0.556. The van der Waals surface area contributed by atoms with Gasteiger partial charge in [-0.05, 0) is 12.5 Å². The van der Waals surface area contributed by atoms with Crippen molar-refractivity contribution in [2.75, 3.05) is 30.9 Å². The van der Waals surface area contributed by atoms with Crippen LogP contribution < -0.4 is 4.90 Å². The van der Waals surface area contributed by atoms with E-state index in [1.54, 1.807) is 17.2 Å². The van der Waals surface area contributed by atoms with Crippen LogP contribution in [0.15, 0.2) is 12.3 Å². The summed E-state index contributed by atoms with van der Waals surface area (Å²) in [4.78, 5) is 23.8. The Kier molecular flexibility index (Phi) is 6.46. The fourth-order valence-corrected chi connectivity index (χ4v) is 4.62. The first-order valence-corrected chi connectivity index (χ1v) is 11.9. The van der Waals surface area contributed by atoms with E-state index in [-0.39, 0.29) is 29.5 Å². The Labute approximate surface area is 186 Å². The molecule has 32 heavy (non-hydrogen) atoms. The van der Waals surface area contributed by atoms with E-state index in [0.717, 1.165) is 0 Å². The molecule has 4 heterocycles. The third-order valence-corrected chi connectivity index (χ3v) is 6.29. The zero-order chi connectivity index (χ0) is 23.2. The van der Waals surface area contributed by atoms with Gasteiger partial charge >= 0.3 is 7.60 Å². The standard InChI is InChI=1S/C18H21ClFN4O7P/c19-16-11(5-21)13(23-3-1-9(20)6-23)10-2-4-24(17(10)22-16)18-15(26)14(25)12(31-18)7-30-8-32(27,28)29/h2,4,9,12,14-15,18,25-26H,1,3,6-8H2,(H2,27,28,29)/t9-,12-,14-,15-,18-/m1/s1. The molecule has 174 valence electrons. The maximum atomic E-state index is 13.8. The lowest BCUT2D eigenvalue weighted by atomic mass is 10.1. The quantitative estimate of drug-likeness (QED) is 0.338. The largest absolute Gasteiger partial charge is 0.387 e. The summed E-state index contributed by atoms with van der Waals surface area (Å²) in [6.07, 6.45) is -4.99. The summed E-state index contributed by atoms with van der Waals surface area (Å²) in [7, 11) is -4.40. The maximum absolute atomic E-state index is 13.8. The Morgan fingerprint density at radius 3 is 2.78 bits per heavy atom. The zero-order valence-electron chi connectivity index (χ0n) is 16.6. The van der Waals surface area contributed by atoms with Crippen LogP contribution in [0.25, 0.3) is 11.0 Å². The Hall–Kier alpha value is -1.81. The van der Waals surface area contributed by atoms with Gasteiger partial charge in [0.25, 0.3) is 0 Å². The van der Waals surface area contributed by atoms with E-state index in [4.69, 9.17) is 30.9 Å². The first-order valence-electron chi connectivity index (χ1n) is 9.73. The number of hydrogen-bond donors (Lipinski definition) is 4. The molecule has 0 bridgehead atoms. The van der Waals surface area contributed by atoms with E-state index in [1.165, 1.54) is 4.57 Å². The van der Waals surface area contributed by atoms with Gasteiger partial charge in [0.05, 0.1) is 12.3 Å². The number of ether oxygens (including phenoxy) is 2. The molecule has 2 aliphatic rings. The van der Waals surface area contributed by atoms with Gasteiger partial charge in [-0.25, -0.2) is 9.37 Å². The molecule has 2 saturated heterocycles. The third-order valence-electron chi connectivity index (χ3n) is 5.50. The van der Waals surface area contributed by atoms with Gasteiger partial charge in [-0.1, -0.05) is 11.6 Å². The number of aliphatic hydroxyl groups is 2. The predicted octanol–water partition coefficient (Wildman–Crippen LogP) is 0.881. The molecular formula is C18H21ClFN4O7P. The molecule has 2 aliphatic heterocycles. The van der Waals surface area contributed by atoms with Crippen molar-refractivity contribution in [3.8, 4) is 6.07 Å². The van der Waals surface area contributed by atoms with Crippen LogP contribution in [0.2, 0.25) is 5.15 Å². The normalized spacial score (nSPS) is 28.5. The second kappa shape index (κ2) is 8.85.